The fraction of sp³-hybridized carbons (Fsp3) is 0.421. The summed E-state index contributed by atoms with van der Waals surface area (Å²) < 4.78 is 20.8. The molecule has 0 saturated heterocycles. The molecule has 0 aliphatic carbocycles. The average Bonchev–Trinajstić information content (AvgIpc) is 3.06. The van der Waals surface area contributed by atoms with E-state index in [1.807, 2.05) is 32.0 Å². The molecule has 0 N–H and O–H groups in total. The maximum absolute atomic E-state index is 12.4. The topological polar surface area (TPSA) is 86.7 Å². The van der Waals surface area contributed by atoms with E-state index in [2.05, 4.69) is 4.99 Å². The fourth-order valence-corrected chi connectivity index (χ4v) is 2.89. The molecular weight excluding hydrogens is 352 g/mol. The highest BCUT2D eigenvalue weighted by molar-refractivity contribution is 6.04. The zero-order valence-electron chi connectivity index (χ0n) is 15.8. The minimum atomic E-state index is -0.639. The molecule has 0 unspecified atom stereocenters. The lowest BCUT2D eigenvalue weighted by molar-refractivity contribution is -0.140. The molecule has 1 aromatic carbocycles. The van der Waals surface area contributed by atoms with Crippen molar-refractivity contribution >= 4 is 23.5 Å². The van der Waals surface area contributed by atoms with E-state index in [-0.39, 0.29) is 30.1 Å². The second-order valence-corrected chi connectivity index (χ2v) is 6.78. The highest BCUT2D eigenvalue weighted by Gasteiger charge is 2.33. The predicted molar refractivity (Wildman–Crippen MR) is 97.4 cm³/mol. The molecule has 27 heavy (non-hydrogen) atoms. The van der Waals surface area contributed by atoms with Crippen LogP contribution in [0.5, 0.6) is 0 Å². The van der Waals surface area contributed by atoms with Crippen LogP contribution in [0.4, 0.5) is 5.69 Å². The van der Waals surface area contributed by atoms with Crippen molar-refractivity contribution in [3.8, 4) is 0 Å². The van der Waals surface area contributed by atoms with E-state index in [0.29, 0.717) is 18.2 Å². The fourth-order valence-electron chi connectivity index (χ4n) is 2.89. The smallest absolute Gasteiger partial charge is 0.355 e. The average molecular weight is 374 g/mol. The molecule has 144 valence electrons. The number of rotatable bonds is 4. The third kappa shape index (κ3) is 3.80. The summed E-state index contributed by atoms with van der Waals surface area (Å²) in [7, 11) is 2.51. The molecular formula is C19H22N2O6. The standard InChI is InChI=1S/C19H22N2O6/c1-19(2)10-27-16(20-19)12-6-5-7-13(8-12)21-11-26-9-14(17(22)24-3)15(21)18(23)25-4/h5-8H,9-11H2,1-4H3. The first kappa shape index (κ1) is 18.9. The Morgan fingerprint density at radius 3 is 2.56 bits per heavy atom. The molecule has 2 aliphatic rings. The van der Waals surface area contributed by atoms with E-state index < -0.39 is 11.9 Å². The number of aliphatic imine (C=N–C) groups is 1. The second-order valence-electron chi connectivity index (χ2n) is 6.78. The Balaban J connectivity index is 2.03. The van der Waals surface area contributed by atoms with Gasteiger partial charge in [0.15, 0.2) is 0 Å². The number of ether oxygens (including phenoxy) is 4. The molecule has 0 saturated carbocycles. The van der Waals surface area contributed by atoms with Gasteiger partial charge < -0.3 is 23.8 Å². The van der Waals surface area contributed by atoms with Crippen molar-refractivity contribution in [2.45, 2.75) is 19.4 Å². The van der Waals surface area contributed by atoms with Gasteiger partial charge in [-0.2, -0.15) is 0 Å². The number of methoxy groups -OCH3 is 2. The molecule has 2 aliphatic heterocycles. The van der Waals surface area contributed by atoms with Gasteiger partial charge in [-0.15, -0.1) is 0 Å². The number of esters is 2. The van der Waals surface area contributed by atoms with Crippen molar-refractivity contribution in [3.63, 3.8) is 0 Å². The summed E-state index contributed by atoms with van der Waals surface area (Å²) >= 11 is 0. The van der Waals surface area contributed by atoms with Gasteiger partial charge in [0, 0.05) is 11.3 Å². The highest BCUT2D eigenvalue weighted by atomic mass is 16.5. The van der Waals surface area contributed by atoms with E-state index in [1.54, 1.807) is 11.0 Å². The molecule has 0 bridgehead atoms. The normalized spacial score (nSPS) is 18.7. The van der Waals surface area contributed by atoms with E-state index in [1.165, 1.54) is 14.2 Å². The summed E-state index contributed by atoms with van der Waals surface area (Å²) in [6, 6.07) is 7.32. The van der Waals surface area contributed by atoms with E-state index in [9.17, 15) is 9.59 Å². The van der Waals surface area contributed by atoms with Crippen LogP contribution < -0.4 is 4.90 Å². The quantitative estimate of drug-likeness (QED) is 0.741. The first-order valence-corrected chi connectivity index (χ1v) is 8.44. The number of hydrogen-bond acceptors (Lipinski definition) is 8. The molecule has 0 fully saturated rings. The first-order valence-electron chi connectivity index (χ1n) is 8.44. The molecule has 8 heteroatoms. The lowest BCUT2D eigenvalue weighted by Gasteiger charge is -2.31. The Hall–Kier alpha value is -2.87. The monoisotopic (exact) mass is 374 g/mol. The summed E-state index contributed by atoms with van der Waals surface area (Å²) in [5.41, 5.74) is 1.34. The third-order valence-electron chi connectivity index (χ3n) is 4.20. The predicted octanol–water partition coefficient (Wildman–Crippen LogP) is 1.64. The number of hydrogen-bond donors (Lipinski definition) is 0. The minimum absolute atomic E-state index is 0.0305. The van der Waals surface area contributed by atoms with Crippen molar-refractivity contribution in [2.75, 3.05) is 39.1 Å². The minimum Gasteiger partial charge on any atom is -0.475 e. The number of nitrogens with zero attached hydrogens (tertiary/aromatic N) is 2. The van der Waals surface area contributed by atoms with E-state index in [4.69, 9.17) is 18.9 Å². The van der Waals surface area contributed by atoms with Gasteiger partial charge in [0.1, 0.15) is 19.0 Å². The van der Waals surface area contributed by atoms with Crippen LogP contribution in [0.15, 0.2) is 40.5 Å². The van der Waals surface area contributed by atoms with Crippen molar-refractivity contribution in [1.82, 2.24) is 0 Å². The van der Waals surface area contributed by atoms with Gasteiger partial charge in [0.2, 0.25) is 5.90 Å². The first-order chi connectivity index (χ1) is 12.9. The summed E-state index contributed by atoms with van der Waals surface area (Å²) in [6.45, 7) is 4.54. The highest BCUT2D eigenvalue weighted by Crippen LogP contribution is 2.29. The summed E-state index contributed by atoms with van der Waals surface area (Å²) in [5.74, 6) is -0.738. The van der Waals surface area contributed by atoms with Crippen LogP contribution in [0.3, 0.4) is 0 Å². The molecule has 0 aromatic heterocycles. The van der Waals surface area contributed by atoms with Gasteiger partial charge in [-0.05, 0) is 32.0 Å². The van der Waals surface area contributed by atoms with Gasteiger partial charge in [-0.25, -0.2) is 14.6 Å². The Bertz CT molecular complexity index is 827. The zero-order chi connectivity index (χ0) is 19.6. The Morgan fingerprint density at radius 2 is 1.93 bits per heavy atom. The second kappa shape index (κ2) is 7.40. The molecule has 0 radical (unpaired) electrons. The molecule has 1 aromatic rings. The Kier molecular flexibility index (Phi) is 5.18. The van der Waals surface area contributed by atoms with Crippen molar-refractivity contribution in [3.05, 3.63) is 41.1 Å². The van der Waals surface area contributed by atoms with Crippen LogP contribution in [0, 0.1) is 0 Å². The van der Waals surface area contributed by atoms with Gasteiger partial charge >= 0.3 is 11.9 Å². The van der Waals surface area contributed by atoms with Crippen LogP contribution in [0.25, 0.3) is 0 Å². The van der Waals surface area contributed by atoms with Crippen molar-refractivity contribution in [2.24, 2.45) is 4.99 Å². The van der Waals surface area contributed by atoms with Crippen LogP contribution in [-0.4, -0.2) is 57.5 Å². The van der Waals surface area contributed by atoms with Crippen LogP contribution in [-0.2, 0) is 28.5 Å². The third-order valence-corrected chi connectivity index (χ3v) is 4.20. The summed E-state index contributed by atoms with van der Waals surface area (Å²) in [5, 5.41) is 0. The van der Waals surface area contributed by atoms with Gasteiger partial charge in [-0.1, -0.05) is 6.07 Å². The maximum atomic E-state index is 12.4. The van der Waals surface area contributed by atoms with Crippen molar-refractivity contribution in [1.29, 1.82) is 0 Å². The van der Waals surface area contributed by atoms with Gasteiger partial charge in [-0.3, -0.25) is 0 Å². The number of carbonyl (C=O) groups is 2. The van der Waals surface area contributed by atoms with Crippen LogP contribution in [0.2, 0.25) is 0 Å². The van der Waals surface area contributed by atoms with E-state index >= 15 is 0 Å². The Labute approximate surface area is 157 Å². The summed E-state index contributed by atoms with van der Waals surface area (Å²) in [4.78, 5) is 30.6. The molecule has 2 heterocycles. The molecule has 0 spiro atoms. The van der Waals surface area contributed by atoms with Crippen LogP contribution >= 0.6 is 0 Å². The molecule has 0 amide bonds. The lowest BCUT2D eigenvalue weighted by atomic mass is 10.1. The molecule has 3 rings (SSSR count). The zero-order valence-corrected chi connectivity index (χ0v) is 15.8. The SMILES string of the molecule is COC(=O)C1=C(C(=O)OC)N(c2cccc(C3=NC(C)(C)CO3)c2)COC1. The van der Waals surface area contributed by atoms with E-state index in [0.717, 1.165) is 5.56 Å². The number of anilines is 1. The number of benzene rings is 1. The number of carbonyl (C=O) groups excluding carboxylic acids is 2. The summed E-state index contributed by atoms with van der Waals surface area (Å²) in [6.07, 6.45) is 0. The largest absolute Gasteiger partial charge is 0.475 e. The van der Waals surface area contributed by atoms with Gasteiger partial charge in [0.25, 0.3) is 0 Å². The Morgan fingerprint density at radius 1 is 1.19 bits per heavy atom. The van der Waals surface area contributed by atoms with Gasteiger partial charge in [0.05, 0.1) is 31.9 Å². The lowest BCUT2D eigenvalue weighted by Crippen LogP contribution is -2.38. The van der Waals surface area contributed by atoms with Crippen molar-refractivity contribution < 1.29 is 28.5 Å². The molecule has 0 atom stereocenters. The molecule has 8 nitrogen and oxygen atoms in total. The maximum Gasteiger partial charge on any atom is 0.355 e. The van der Waals surface area contributed by atoms with Crippen LogP contribution in [0.1, 0.15) is 19.4 Å².